The summed E-state index contributed by atoms with van der Waals surface area (Å²) in [5, 5.41) is 8.80. The summed E-state index contributed by atoms with van der Waals surface area (Å²) in [4.78, 5) is 10.8. The molecule has 0 heterocycles. The first-order valence-corrected chi connectivity index (χ1v) is 5.24. The molecule has 0 saturated heterocycles. The fourth-order valence-corrected chi connectivity index (χ4v) is 1.74. The molecule has 0 bridgehead atoms. The summed E-state index contributed by atoms with van der Waals surface area (Å²) in [6.07, 6.45) is 0. The predicted octanol–water partition coefficient (Wildman–Crippen LogP) is -0.773. The molecule has 0 radical (unpaired) electrons. The number of thioether (sulfide) groups is 1. The zero-order valence-corrected chi connectivity index (χ0v) is 9.25. The Morgan fingerprint density at radius 1 is 1.57 bits per heavy atom. The Bertz CT molecular complexity index is 167. The highest BCUT2D eigenvalue weighted by Crippen LogP contribution is 2.13. The topological polar surface area (TPSA) is 81.8 Å². The van der Waals surface area contributed by atoms with Crippen LogP contribution in [0.4, 0.5) is 0 Å². The third-order valence-corrected chi connectivity index (χ3v) is 2.99. The molecule has 0 amide bonds. The molecule has 84 valence electrons. The van der Waals surface area contributed by atoms with Crippen molar-refractivity contribution in [2.45, 2.75) is 11.3 Å². The highest BCUT2D eigenvalue weighted by molar-refractivity contribution is 8.00. The fraction of sp³-hybridized carbons (Fsp3) is 0.875. The van der Waals surface area contributed by atoms with Crippen molar-refractivity contribution in [3.8, 4) is 0 Å². The standard InChI is InChI=1S/C8H17NO4S/c1-12-4-6(9)7(3-10)14-5-8(11)13-2/h6-7,10H,3-5,9H2,1-2H3. The zero-order valence-electron chi connectivity index (χ0n) is 8.43. The number of carbonyl (C=O) groups excluding carboxylic acids is 1. The molecular formula is C8H17NO4S. The van der Waals surface area contributed by atoms with Gasteiger partial charge in [-0.25, -0.2) is 0 Å². The van der Waals surface area contributed by atoms with E-state index in [4.69, 9.17) is 15.6 Å². The third kappa shape index (κ3) is 5.43. The Balaban J connectivity index is 3.83. The van der Waals surface area contributed by atoms with Gasteiger partial charge in [0.1, 0.15) is 0 Å². The second-order valence-corrected chi connectivity index (χ2v) is 3.95. The van der Waals surface area contributed by atoms with Gasteiger partial charge in [-0.05, 0) is 0 Å². The van der Waals surface area contributed by atoms with Crippen molar-refractivity contribution >= 4 is 17.7 Å². The van der Waals surface area contributed by atoms with Crippen LogP contribution in [0.15, 0.2) is 0 Å². The van der Waals surface area contributed by atoms with Crippen LogP contribution in [0.1, 0.15) is 0 Å². The number of hydrogen-bond donors (Lipinski definition) is 2. The molecule has 0 aliphatic rings. The normalized spacial score (nSPS) is 14.9. The number of rotatable bonds is 7. The molecule has 0 fully saturated rings. The lowest BCUT2D eigenvalue weighted by atomic mass is 10.2. The van der Waals surface area contributed by atoms with E-state index in [2.05, 4.69) is 4.74 Å². The minimum atomic E-state index is -0.321. The number of methoxy groups -OCH3 is 2. The summed E-state index contributed by atoms with van der Waals surface area (Å²) in [5.74, 6) is -0.128. The van der Waals surface area contributed by atoms with Crippen LogP contribution in [0, 0.1) is 0 Å². The van der Waals surface area contributed by atoms with Crippen molar-refractivity contribution in [1.29, 1.82) is 0 Å². The van der Waals surface area contributed by atoms with Crippen molar-refractivity contribution in [3.63, 3.8) is 0 Å². The van der Waals surface area contributed by atoms with E-state index in [0.29, 0.717) is 6.61 Å². The van der Waals surface area contributed by atoms with Gasteiger partial charge in [0, 0.05) is 18.4 Å². The number of aliphatic hydroxyl groups excluding tert-OH is 1. The Hall–Kier alpha value is -0.300. The van der Waals surface area contributed by atoms with Crippen LogP contribution < -0.4 is 5.73 Å². The molecule has 6 heteroatoms. The van der Waals surface area contributed by atoms with Crippen LogP contribution in [0.2, 0.25) is 0 Å². The van der Waals surface area contributed by atoms with E-state index in [1.807, 2.05) is 0 Å². The van der Waals surface area contributed by atoms with Crippen LogP contribution in [0.25, 0.3) is 0 Å². The first-order chi connectivity index (χ1) is 6.65. The maximum absolute atomic E-state index is 10.8. The molecule has 0 aromatic carbocycles. The Kier molecular flexibility index (Phi) is 7.87. The number of nitrogens with two attached hydrogens (primary N) is 1. The monoisotopic (exact) mass is 223 g/mol. The lowest BCUT2D eigenvalue weighted by molar-refractivity contribution is -0.137. The van der Waals surface area contributed by atoms with Gasteiger partial charge in [-0.1, -0.05) is 0 Å². The van der Waals surface area contributed by atoms with Gasteiger partial charge in [-0.3, -0.25) is 4.79 Å². The SMILES string of the molecule is COCC(N)C(CO)SCC(=O)OC. The van der Waals surface area contributed by atoms with Gasteiger partial charge in [0.05, 0.1) is 26.1 Å². The van der Waals surface area contributed by atoms with Crippen molar-refractivity contribution < 1.29 is 19.4 Å². The maximum atomic E-state index is 10.8. The van der Waals surface area contributed by atoms with Crippen LogP contribution in [0.5, 0.6) is 0 Å². The van der Waals surface area contributed by atoms with E-state index >= 15 is 0 Å². The van der Waals surface area contributed by atoms with Crippen LogP contribution in [0.3, 0.4) is 0 Å². The molecule has 0 aromatic rings. The lowest BCUT2D eigenvalue weighted by Gasteiger charge is -2.19. The van der Waals surface area contributed by atoms with Gasteiger partial charge >= 0.3 is 5.97 Å². The lowest BCUT2D eigenvalue weighted by Crippen LogP contribution is -2.39. The molecule has 5 nitrogen and oxygen atoms in total. The van der Waals surface area contributed by atoms with Crippen LogP contribution in [-0.2, 0) is 14.3 Å². The minimum Gasteiger partial charge on any atom is -0.468 e. The highest BCUT2D eigenvalue weighted by Gasteiger charge is 2.18. The fourth-order valence-electron chi connectivity index (χ4n) is 0.845. The highest BCUT2D eigenvalue weighted by atomic mass is 32.2. The van der Waals surface area contributed by atoms with Crippen molar-refractivity contribution in [3.05, 3.63) is 0 Å². The van der Waals surface area contributed by atoms with Crippen molar-refractivity contribution in [1.82, 2.24) is 0 Å². The first-order valence-electron chi connectivity index (χ1n) is 4.19. The van der Waals surface area contributed by atoms with Crippen LogP contribution >= 0.6 is 11.8 Å². The molecular weight excluding hydrogens is 206 g/mol. The van der Waals surface area contributed by atoms with E-state index in [0.717, 1.165) is 0 Å². The molecule has 0 spiro atoms. The second kappa shape index (κ2) is 8.05. The van der Waals surface area contributed by atoms with E-state index < -0.39 is 0 Å². The molecule has 3 N–H and O–H groups in total. The first kappa shape index (κ1) is 13.7. The van der Waals surface area contributed by atoms with E-state index in [1.54, 1.807) is 7.11 Å². The summed E-state index contributed by atoms with van der Waals surface area (Å²) in [6.45, 7) is 0.283. The second-order valence-electron chi connectivity index (χ2n) is 2.73. The number of ether oxygens (including phenoxy) is 2. The van der Waals surface area contributed by atoms with Gasteiger partial charge in [-0.15, -0.1) is 11.8 Å². The summed E-state index contributed by atoms with van der Waals surface area (Å²) in [5.41, 5.74) is 5.71. The molecule has 0 aromatic heterocycles. The van der Waals surface area contributed by atoms with Gasteiger partial charge in [0.25, 0.3) is 0 Å². The molecule has 2 atom stereocenters. The maximum Gasteiger partial charge on any atom is 0.315 e. The van der Waals surface area contributed by atoms with Gasteiger partial charge < -0.3 is 20.3 Å². The van der Waals surface area contributed by atoms with E-state index in [1.165, 1.54) is 18.9 Å². The van der Waals surface area contributed by atoms with Gasteiger partial charge in [0.15, 0.2) is 0 Å². The van der Waals surface area contributed by atoms with E-state index in [-0.39, 0.29) is 29.6 Å². The minimum absolute atomic E-state index is 0.0772. The summed E-state index contributed by atoms with van der Waals surface area (Å²) in [6, 6.07) is -0.278. The van der Waals surface area contributed by atoms with Gasteiger partial charge in [0.2, 0.25) is 0 Å². The number of aliphatic hydroxyl groups is 1. The zero-order chi connectivity index (χ0) is 11.0. The molecule has 0 saturated carbocycles. The molecule has 0 aliphatic heterocycles. The molecule has 0 aliphatic carbocycles. The predicted molar refractivity (Wildman–Crippen MR) is 55.2 cm³/mol. The van der Waals surface area contributed by atoms with Crippen molar-refractivity contribution in [2.24, 2.45) is 5.73 Å². The number of esters is 1. The number of carbonyl (C=O) groups is 1. The van der Waals surface area contributed by atoms with Crippen LogP contribution in [-0.4, -0.2) is 55.6 Å². The van der Waals surface area contributed by atoms with Crippen molar-refractivity contribution in [2.75, 3.05) is 33.2 Å². The molecule has 2 unspecified atom stereocenters. The summed E-state index contributed by atoms with van der Waals surface area (Å²) in [7, 11) is 2.87. The largest absolute Gasteiger partial charge is 0.468 e. The Morgan fingerprint density at radius 2 is 2.21 bits per heavy atom. The number of hydrogen-bond acceptors (Lipinski definition) is 6. The smallest absolute Gasteiger partial charge is 0.315 e. The third-order valence-electron chi connectivity index (χ3n) is 1.66. The summed E-state index contributed by atoms with van der Waals surface area (Å²) < 4.78 is 9.33. The Labute approximate surface area is 87.9 Å². The molecule has 14 heavy (non-hydrogen) atoms. The molecule has 0 rings (SSSR count). The average molecular weight is 223 g/mol. The Morgan fingerprint density at radius 3 is 2.64 bits per heavy atom. The van der Waals surface area contributed by atoms with Gasteiger partial charge in [-0.2, -0.15) is 0 Å². The quantitative estimate of drug-likeness (QED) is 0.551. The summed E-state index contributed by atoms with van der Waals surface area (Å²) >= 11 is 1.27. The average Bonchev–Trinajstić information content (AvgIpc) is 2.18. The van der Waals surface area contributed by atoms with E-state index in [9.17, 15) is 4.79 Å².